The Morgan fingerprint density at radius 2 is 1.68 bits per heavy atom. The Morgan fingerprint density at radius 1 is 0.964 bits per heavy atom. The van der Waals surface area contributed by atoms with Crippen molar-refractivity contribution in [3.05, 3.63) is 83.4 Å². The van der Waals surface area contributed by atoms with Crippen LogP contribution in [-0.2, 0) is 10.0 Å². The lowest BCUT2D eigenvalue weighted by atomic mass is 10.2. The molecular weight excluding hydrogens is 400 g/mol. The van der Waals surface area contributed by atoms with Gasteiger partial charge in [-0.05, 0) is 54.6 Å². The third-order valence-corrected chi connectivity index (χ3v) is 5.47. The molecule has 0 aliphatic heterocycles. The van der Waals surface area contributed by atoms with Crippen molar-refractivity contribution in [1.82, 2.24) is 0 Å². The minimum atomic E-state index is -3.78. The van der Waals surface area contributed by atoms with Gasteiger partial charge < -0.3 is 10.1 Å². The van der Waals surface area contributed by atoms with E-state index in [1.165, 1.54) is 43.5 Å². The number of halogens is 1. The van der Waals surface area contributed by atoms with Crippen LogP contribution in [0.3, 0.4) is 0 Å². The van der Waals surface area contributed by atoms with Crippen LogP contribution in [0.1, 0.15) is 10.4 Å². The molecule has 0 aliphatic carbocycles. The summed E-state index contributed by atoms with van der Waals surface area (Å²) in [7, 11) is -2.26. The molecule has 1 amide bonds. The van der Waals surface area contributed by atoms with Gasteiger partial charge in [0.05, 0.1) is 17.7 Å². The summed E-state index contributed by atoms with van der Waals surface area (Å²) in [6, 6.07) is 19.1. The highest BCUT2D eigenvalue weighted by molar-refractivity contribution is 7.92. The monoisotopic (exact) mass is 416 g/mol. The number of benzene rings is 3. The molecule has 144 valence electrons. The number of sulfonamides is 1. The second-order valence-electron chi connectivity index (χ2n) is 5.79. The van der Waals surface area contributed by atoms with Gasteiger partial charge in [-0.1, -0.05) is 29.8 Å². The predicted molar refractivity (Wildman–Crippen MR) is 110 cm³/mol. The van der Waals surface area contributed by atoms with E-state index in [4.69, 9.17) is 16.3 Å². The van der Waals surface area contributed by atoms with E-state index in [0.29, 0.717) is 27.7 Å². The van der Waals surface area contributed by atoms with Crippen LogP contribution in [0.25, 0.3) is 0 Å². The van der Waals surface area contributed by atoms with Crippen LogP contribution in [0.15, 0.2) is 77.7 Å². The number of hydrogen-bond acceptors (Lipinski definition) is 4. The highest BCUT2D eigenvalue weighted by Crippen LogP contribution is 2.24. The summed E-state index contributed by atoms with van der Waals surface area (Å²) in [6.07, 6.45) is 0. The molecule has 0 heterocycles. The maximum Gasteiger partial charge on any atom is 0.261 e. The molecule has 0 atom stereocenters. The van der Waals surface area contributed by atoms with Crippen molar-refractivity contribution in [1.29, 1.82) is 0 Å². The smallest absolute Gasteiger partial charge is 0.261 e. The quantitative estimate of drug-likeness (QED) is 0.623. The molecule has 0 aliphatic rings. The minimum Gasteiger partial charge on any atom is -0.495 e. The lowest BCUT2D eigenvalue weighted by Crippen LogP contribution is -2.14. The van der Waals surface area contributed by atoms with Crippen molar-refractivity contribution in [2.24, 2.45) is 0 Å². The fourth-order valence-electron chi connectivity index (χ4n) is 2.48. The summed E-state index contributed by atoms with van der Waals surface area (Å²) in [5.74, 6) is 0.204. The fourth-order valence-corrected chi connectivity index (χ4v) is 3.84. The average molecular weight is 417 g/mol. The Labute approximate surface area is 168 Å². The molecule has 0 spiro atoms. The third-order valence-electron chi connectivity index (χ3n) is 3.86. The average Bonchev–Trinajstić information content (AvgIpc) is 2.68. The van der Waals surface area contributed by atoms with E-state index in [2.05, 4.69) is 10.0 Å². The molecule has 8 heteroatoms. The topological polar surface area (TPSA) is 84.5 Å². The van der Waals surface area contributed by atoms with Crippen LogP contribution >= 0.6 is 11.6 Å². The molecule has 3 aromatic rings. The number of rotatable bonds is 6. The first-order valence-corrected chi connectivity index (χ1v) is 10.1. The number of carbonyl (C=O) groups excluding carboxylic acids is 1. The lowest BCUT2D eigenvalue weighted by Gasteiger charge is -2.11. The van der Waals surface area contributed by atoms with Crippen molar-refractivity contribution in [3.63, 3.8) is 0 Å². The number of nitrogens with one attached hydrogen (secondary N) is 2. The molecule has 3 aromatic carbocycles. The second kappa shape index (κ2) is 8.33. The normalized spacial score (nSPS) is 10.9. The van der Waals surface area contributed by atoms with Crippen molar-refractivity contribution in [2.45, 2.75) is 4.90 Å². The van der Waals surface area contributed by atoms with E-state index in [-0.39, 0.29) is 10.8 Å². The van der Waals surface area contributed by atoms with Crippen LogP contribution in [0.4, 0.5) is 11.4 Å². The fraction of sp³-hybridized carbons (Fsp3) is 0.0500. The van der Waals surface area contributed by atoms with Gasteiger partial charge in [-0.2, -0.15) is 0 Å². The molecular formula is C20H17ClN2O4S. The Balaban J connectivity index is 1.73. The van der Waals surface area contributed by atoms with Crippen molar-refractivity contribution in [2.75, 3.05) is 17.1 Å². The van der Waals surface area contributed by atoms with Gasteiger partial charge in [0, 0.05) is 16.3 Å². The standard InChI is InChI=1S/C20H17ClN2O4S/c1-27-19-8-3-2-7-18(19)22-20(24)14-9-11-16(12-10-14)23-28(25,26)17-6-4-5-15(21)13-17/h2-13,23H,1H3,(H,22,24). The first-order valence-electron chi connectivity index (χ1n) is 8.22. The van der Waals surface area contributed by atoms with Gasteiger partial charge in [0.15, 0.2) is 0 Å². The number of methoxy groups -OCH3 is 1. The molecule has 0 fully saturated rings. The van der Waals surface area contributed by atoms with Gasteiger partial charge in [0.2, 0.25) is 0 Å². The van der Waals surface area contributed by atoms with E-state index in [1.54, 1.807) is 36.4 Å². The number of hydrogen-bond donors (Lipinski definition) is 2. The molecule has 28 heavy (non-hydrogen) atoms. The zero-order chi connectivity index (χ0) is 20.1. The first kappa shape index (κ1) is 19.7. The summed E-state index contributed by atoms with van der Waals surface area (Å²) < 4.78 is 32.5. The maximum absolute atomic E-state index is 12.4. The molecule has 0 bridgehead atoms. The van der Waals surface area contributed by atoms with Gasteiger partial charge in [0.1, 0.15) is 5.75 Å². The predicted octanol–water partition coefficient (Wildman–Crippen LogP) is 4.40. The third kappa shape index (κ3) is 4.62. The van der Waals surface area contributed by atoms with Crippen LogP contribution in [0, 0.1) is 0 Å². The zero-order valence-electron chi connectivity index (χ0n) is 14.8. The van der Waals surface area contributed by atoms with Crippen LogP contribution in [0.5, 0.6) is 5.75 Å². The number of ether oxygens (including phenoxy) is 1. The number of amides is 1. The molecule has 0 saturated carbocycles. The van der Waals surface area contributed by atoms with Crippen LogP contribution in [-0.4, -0.2) is 21.4 Å². The van der Waals surface area contributed by atoms with Gasteiger partial charge >= 0.3 is 0 Å². The Kier molecular flexibility index (Phi) is 5.87. The summed E-state index contributed by atoms with van der Waals surface area (Å²) in [5, 5.41) is 3.09. The Hall–Kier alpha value is -3.03. The molecule has 3 rings (SSSR count). The molecule has 0 saturated heterocycles. The minimum absolute atomic E-state index is 0.0537. The van der Waals surface area contributed by atoms with Gasteiger partial charge in [-0.15, -0.1) is 0 Å². The van der Waals surface area contributed by atoms with E-state index < -0.39 is 10.0 Å². The first-order chi connectivity index (χ1) is 13.4. The Bertz CT molecular complexity index is 1100. The highest BCUT2D eigenvalue weighted by Gasteiger charge is 2.15. The summed E-state index contributed by atoms with van der Waals surface area (Å²) >= 11 is 5.85. The van der Waals surface area contributed by atoms with Crippen LogP contribution < -0.4 is 14.8 Å². The largest absolute Gasteiger partial charge is 0.495 e. The SMILES string of the molecule is COc1ccccc1NC(=O)c1ccc(NS(=O)(=O)c2cccc(Cl)c2)cc1. The molecule has 0 radical (unpaired) electrons. The summed E-state index contributed by atoms with van der Waals surface area (Å²) in [5.41, 5.74) is 1.24. The number of carbonyl (C=O) groups is 1. The van der Waals surface area contributed by atoms with E-state index in [1.807, 2.05) is 0 Å². The van der Waals surface area contributed by atoms with Gasteiger partial charge in [-0.3, -0.25) is 9.52 Å². The maximum atomic E-state index is 12.4. The second-order valence-corrected chi connectivity index (χ2v) is 7.91. The van der Waals surface area contributed by atoms with E-state index >= 15 is 0 Å². The van der Waals surface area contributed by atoms with E-state index in [9.17, 15) is 13.2 Å². The van der Waals surface area contributed by atoms with Crippen LogP contribution in [0.2, 0.25) is 5.02 Å². The van der Waals surface area contributed by atoms with Crippen molar-refractivity contribution in [3.8, 4) is 5.75 Å². The summed E-state index contributed by atoms with van der Waals surface area (Å²) in [6.45, 7) is 0. The van der Waals surface area contributed by atoms with E-state index in [0.717, 1.165) is 0 Å². The summed E-state index contributed by atoms with van der Waals surface area (Å²) in [4.78, 5) is 12.5. The molecule has 0 unspecified atom stereocenters. The van der Waals surface area contributed by atoms with Gasteiger partial charge in [0.25, 0.3) is 15.9 Å². The number of para-hydroxylation sites is 2. The van der Waals surface area contributed by atoms with Crippen molar-refractivity contribution >= 4 is 38.9 Å². The number of anilines is 2. The van der Waals surface area contributed by atoms with Gasteiger partial charge in [-0.25, -0.2) is 8.42 Å². The molecule has 6 nitrogen and oxygen atoms in total. The lowest BCUT2D eigenvalue weighted by molar-refractivity contribution is 0.102. The Morgan fingerprint density at radius 3 is 2.36 bits per heavy atom. The van der Waals surface area contributed by atoms with Crippen molar-refractivity contribution < 1.29 is 17.9 Å². The molecule has 0 aromatic heterocycles. The highest BCUT2D eigenvalue weighted by atomic mass is 35.5. The zero-order valence-corrected chi connectivity index (χ0v) is 16.4. The molecule has 2 N–H and O–H groups in total.